The Bertz CT molecular complexity index is 582. The predicted octanol–water partition coefficient (Wildman–Crippen LogP) is 2.82. The fourth-order valence-electron chi connectivity index (χ4n) is 2.12. The zero-order chi connectivity index (χ0) is 12.6. The Morgan fingerprint density at radius 2 is 1.94 bits per heavy atom. The maximum Gasteiger partial charge on any atom is 0.170 e. The monoisotopic (exact) mass is 228 g/mol. The van der Waals surface area contributed by atoms with Crippen molar-refractivity contribution in [2.45, 2.75) is 20.8 Å². The number of imidazole rings is 1. The van der Waals surface area contributed by atoms with Gasteiger partial charge in [-0.15, -0.1) is 0 Å². The van der Waals surface area contributed by atoms with Crippen LogP contribution in [0.1, 0.15) is 27.4 Å². The molecule has 0 bridgehead atoms. The van der Waals surface area contributed by atoms with Crippen molar-refractivity contribution in [1.82, 2.24) is 9.55 Å². The van der Waals surface area contributed by atoms with Crippen molar-refractivity contribution in [3.05, 3.63) is 40.8 Å². The molecule has 0 saturated carbocycles. The normalized spacial score (nSPS) is 10.6. The molecule has 0 aliphatic heterocycles. The first kappa shape index (κ1) is 11.6. The Morgan fingerprint density at radius 1 is 1.24 bits per heavy atom. The van der Waals surface area contributed by atoms with E-state index in [9.17, 15) is 4.79 Å². The Morgan fingerprint density at radius 3 is 2.53 bits per heavy atom. The number of aromatic nitrogens is 2. The molecule has 0 N–H and O–H groups in total. The summed E-state index contributed by atoms with van der Waals surface area (Å²) in [5, 5.41) is 0. The molecule has 0 amide bonds. The number of nitrogens with zero attached hydrogens (tertiary/aromatic N) is 2. The first-order valence-electron chi connectivity index (χ1n) is 5.60. The molecular formula is C14H16N2O. The number of hydrogen-bond acceptors (Lipinski definition) is 2. The summed E-state index contributed by atoms with van der Waals surface area (Å²) in [4.78, 5) is 15.3. The van der Waals surface area contributed by atoms with Gasteiger partial charge in [0.05, 0.1) is 5.69 Å². The Balaban J connectivity index is 2.71. The van der Waals surface area contributed by atoms with E-state index in [2.05, 4.69) is 31.0 Å². The lowest BCUT2D eigenvalue weighted by atomic mass is 10.0. The summed E-state index contributed by atoms with van der Waals surface area (Å²) in [6.07, 6.45) is 0.821. The second-order valence-electron chi connectivity index (χ2n) is 4.39. The molecular weight excluding hydrogens is 212 g/mol. The van der Waals surface area contributed by atoms with Crippen molar-refractivity contribution in [2.75, 3.05) is 0 Å². The summed E-state index contributed by atoms with van der Waals surface area (Å²) in [7, 11) is 1.93. The lowest BCUT2D eigenvalue weighted by molar-refractivity contribution is 0.112. The number of aryl methyl sites for hydroxylation is 3. The second kappa shape index (κ2) is 4.17. The van der Waals surface area contributed by atoms with Gasteiger partial charge in [-0.2, -0.15) is 0 Å². The standard InChI is InChI=1S/C14H16N2O/c1-9-5-6-12(10(2)7-9)14-13(8-17)15-11(3)16(14)4/h5-8H,1-4H3. The van der Waals surface area contributed by atoms with E-state index in [1.165, 1.54) is 5.56 Å². The van der Waals surface area contributed by atoms with Gasteiger partial charge in [0.15, 0.2) is 6.29 Å². The van der Waals surface area contributed by atoms with E-state index < -0.39 is 0 Å². The maximum atomic E-state index is 11.1. The van der Waals surface area contributed by atoms with E-state index >= 15 is 0 Å². The lowest BCUT2D eigenvalue weighted by Gasteiger charge is -2.09. The molecule has 3 heteroatoms. The lowest BCUT2D eigenvalue weighted by Crippen LogP contribution is -1.97. The average Bonchev–Trinajstić information content (AvgIpc) is 2.56. The van der Waals surface area contributed by atoms with Crippen molar-refractivity contribution in [2.24, 2.45) is 7.05 Å². The third-order valence-corrected chi connectivity index (χ3v) is 3.09. The van der Waals surface area contributed by atoms with E-state index in [1.54, 1.807) is 0 Å². The average molecular weight is 228 g/mol. The van der Waals surface area contributed by atoms with Gasteiger partial charge >= 0.3 is 0 Å². The van der Waals surface area contributed by atoms with Gasteiger partial charge in [0.1, 0.15) is 11.5 Å². The molecule has 0 unspecified atom stereocenters. The summed E-state index contributed by atoms with van der Waals surface area (Å²) < 4.78 is 1.96. The van der Waals surface area contributed by atoms with Crippen molar-refractivity contribution in [3.63, 3.8) is 0 Å². The van der Waals surface area contributed by atoms with Gasteiger partial charge in [-0.3, -0.25) is 4.79 Å². The van der Waals surface area contributed by atoms with Gasteiger partial charge in [-0.05, 0) is 26.3 Å². The number of carbonyl (C=O) groups excluding carboxylic acids is 1. The fraction of sp³-hybridized carbons (Fsp3) is 0.286. The van der Waals surface area contributed by atoms with Crippen LogP contribution in [-0.4, -0.2) is 15.8 Å². The highest BCUT2D eigenvalue weighted by molar-refractivity contribution is 5.85. The summed E-state index contributed by atoms with van der Waals surface area (Å²) in [6, 6.07) is 6.22. The third-order valence-electron chi connectivity index (χ3n) is 3.09. The van der Waals surface area contributed by atoms with Crippen LogP contribution in [0.5, 0.6) is 0 Å². The molecule has 0 saturated heterocycles. The van der Waals surface area contributed by atoms with Crippen LogP contribution in [0.15, 0.2) is 18.2 Å². The van der Waals surface area contributed by atoms with Crippen LogP contribution in [0.4, 0.5) is 0 Å². The van der Waals surface area contributed by atoms with Gasteiger partial charge in [0, 0.05) is 12.6 Å². The predicted molar refractivity (Wildman–Crippen MR) is 68.2 cm³/mol. The van der Waals surface area contributed by atoms with Gasteiger partial charge in [0.25, 0.3) is 0 Å². The quantitative estimate of drug-likeness (QED) is 0.741. The Kier molecular flexibility index (Phi) is 2.84. The van der Waals surface area contributed by atoms with Gasteiger partial charge < -0.3 is 4.57 Å². The van der Waals surface area contributed by atoms with Crippen molar-refractivity contribution in [3.8, 4) is 11.3 Å². The number of carbonyl (C=O) groups is 1. The van der Waals surface area contributed by atoms with Crippen LogP contribution in [0, 0.1) is 20.8 Å². The topological polar surface area (TPSA) is 34.9 Å². The van der Waals surface area contributed by atoms with Crippen LogP contribution in [0.2, 0.25) is 0 Å². The van der Waals surface area contributed by atoms with Crippen molar-refractivity contribution in [1.29, 1.82) is 0 Å². The van der Waals surface area contributed by atoms with Crippen LogP contribution in [0.3, 0.4) is 0 Å². The van der Waals surface area contributed by atoms with Crippen LogP contribution in [-0.2, 0) is 7.05 Å². The first-order valence-corrected chi connectivity index (χ1v) is 5.60. The van der Waals surface area contributed by atoms with Crippen LogP contribution in [0.25, 0.3) is 11.3 Å². The smallest absolute Gasteiger partial charge is 0.170 e. The number of rotatable bonds is 2. The van der Waals surface area contributed by atoms with Crippen LogP contribution < -0.4 is 0 Å². The SMILES string of the molecule is Cc1ccc(-c2c(C=O)nc(C)n2C)c(C)c1. The molecule has 1 aromatic heterocycles. The van der Waals surface area contributed by atoms with Gasteiger partial charge in [-0.25, -0.2) is 4.98 Å². The number of hydrogen-bond donors (Lipinski definition) is 0. The molecule has 0 aliphatic rings. The van der Waals surface area contributed by atoms with Crippen LogP contribution >= 0.6 is 0 Å². The molecule has 0 spiro atoms. The molecule has 2 rings (SSSR count). The molecule has 0 radical (unpaired) electrons. The minimum atomic E-state index is 0.511. The zero-order valence-electron chi connectivity index (χ0n) is 10.6. The summed E-state index contributed by atoms with van der Waals surface area (Å²) in [6.45, 7) is 6.02. The van der Waals surface area contributed by atoms with E-state index in [0.29, 0.717) is 5.69 Å². The fourth-order valence-corrected chi connectivity index (χ4v) is 2.12. The van der Waals surface area contributed by atoms with E-state index in [1.807, 2.05) is 24.6 Å². The highest BCUT2D eigenvalue weighted by atomic mass is 16.1. The minimum Gasteiger partial charge on any atom is -0.331 e. The first-order chi connectivity index (χ1) is 8.04. The van der Waals surface area contributed by atoms with E-state index in [0.717, 1.165) is 28.9 Å². The molecule has 1 aromatic carbocycles. The molecule has 0 aliphatic carbocycles. The highest BCUT2D eigenvalue weighted by Crippen LogP contribution is 2.27. The zero-order valence-corrected chi connectivity index (χ0v) is 10.6. The largest absolute Gasteiger partial charge is 0.331 e. The number of aldehydes is 1. The molecule has 3 nitrogen and oxygen atoms in total. The number of benzene rings is 1. The second-order valence-corrected chi connectivity index (χ2v) is 4.39. The Labute approximate surface area is 101 Å². The van der Waals surface area contributed by atoms with Gasteiger partial charge in [0.2, 0.25) is 0 Å². The summed E-state index contributed by atoms with van der Waals surface area (Å²) in [5.74, 6) is 0.849. The molecule has 88 valence electrons. The Hall–Kier alpha value is -1.90. The third kappa shape index (κ3) is 1.88. The summed E-state index contributed by atoms with van der Waals surface area (Å²) >= 11 is 0. The molecule has 0 fully saturated rings. The highest BCUT2D eigenvalue weighted by Gasteiger charge is 2.15. The van der Waals surface area contributed by atoms with Crippen molar-refractivity contribution >= 4 is 6.29 Å². The summed E-state index contributed by atoms with van der Waals surface area (Å²) in [5.41, 5.74) is 4.86. The molecule has 0 atom stereocenters. The van der Waals surface area contributed by atoms with E-state index in [4.69, 9.17) is 0 Å². The van der Waals surface area contributed by atoms with Gasteiger partial charge in [-0.1, -0.05) is 23.8 Å². The van der Waals surface area contributed by atoms with E-state index in [-0.39, 0.29) is 0 Å². The molecule has 2 aromatic rings. The molecule has 1 heterocycles. The minimum absolute atomic E-state index is 0.511. The maximum absolute atomic E-state index is 11.1. The molecule has 17 heavy (non-hydrogen) atoms. The van der Waals surface area contributed by atoms with Crippen molar-refractivity contribution < 1.29 is 4.79 Å².